The van der Waals surface area contributed by atoms with Crippen LogP contribution >= 0.6 is 0 Å². The zero-order valence-electron chi connectivity index (χ0n) is 16.7. The van der Waals surface area contributed by atoms with Crippen LogP contribution < -0.4 is 14.5 Å². The Kier molecular flexibility index (Phi) is 5.70. The predicted octanol–water partition coefficient (Wildman–Crippen LogP) is 4.08. The Labute approximate surface area is 165 Å². The summed E-state index contributed by atoms with van der Waals surface area (Å²) in [6.45, 7) is 6.84. The fraction of sp³-hybridized carbons (Fsp3) is 0.364. The highest BCUT2D eigenvalue weighted by Gasteiger charge is 2.35. The van der Waals surface area contributed by atoms with E-state index in [0.29, 0.717) is 12.2 Å². The molecular weight excluding hydrogens is 356 g/mol. The third-order valence-electron chi connectivity index (χ3n) is 4.90. The molecule has 2 aromatic carbocycles. The summed E-state index contributed by atoms with van der Waals surface area (Å²) >= 11 is 0. The second-order valence-corrected chi connectivity index (χ2v) is 7.80. The van der Waals surface area contributed by atoms with Crippen molar-refractivity contribution >= 4 is 17.9 Å². The fourth-order valence-electron chi connectivity index (χ4n) is 3.31. The number of ether oxygens (including phenoxy) is 2. The Hall–Kier alpha value is -2.86. The summed E-state index contributed by atoms with van der Waals surface area (Å²) in [6, 6.07) is 13.0. The normalized spacial score (nSPS) is 16.7. The van der Waals surface area contributed by atoms with Gasteiger partial charge in [0, 0.05) is 23.1 Å². The largest absolute Gasteiger partial charge is 0.496 e. The van der Waals surface area contributed by atoms with Crippen LogP contribution in [0.1, 0.15) is 44.4 Å². The van der Waals surface area contributed by atoms with Crippen LogP contribution in [0.5, 0.6) is 11.5 Å². The molecule has 2 aromatic rings. The van der Waals surface area contributed by atoms with Gasteiger partial charge in [-0.05, 0) is 35.9 Å². The monoisotopic (exact) mass is 382 g/mol. The molecule has 28 heavy (non-hydrogen) atoms. The van der Waals surface area contributed by atoms with Gasteiger partial charge < -0.3 is 14.6 Å². The van der Waals surface area contributed by atoms with E-state index >= 15 is 0 Å². The highest BCUT2D eigenvalue weighted by atomic mass is 16.5. The Morgan fingerprint density at radius 2 is 1.93 bits per heavy atom. The summed E-state index contributed by atoms with van der Waals surface area (Å²) in [5, 5.41) is 16.3. The van der Waals surface area contributed by atoms with Gasteiger partial charge in [-0.2, -0.15) is 5.10 Å². The SMILES string of the molecule is COc1cc(CO)ccc1C1CC(C(C)(C)C)=NN1c1ccc(OC=O)cc1. The summed E-state index contributed by atoms with van der Waals surface area (Å²) in [7, 11) is 1.64. The first-order valence-electron chi connectivity index (χ1n) is 9.22. The minimum absolute atomic E-state index is 0.0326. The van der Waals surface area contributed by atoms with Gasteiger partial charge in [-0.25, -0.2) is 0 Å². The topological polar surface area (TPSA) is 71.4 Å². The van der Waals surface area contributed by atoms with Crippen LogP contribution in [0, 0.1) is 5.41 Å². The molecule has 1 N–H and O–H groups in total. The molecule has 148 valence electrons. The van der Waals surface area contributed by atoms with E-state index in [2.05, 4.69) is 20.8 Å². The zero-order valence-corrected chi connectivity index (χ0v) is 16.7. The average Bonchev–Trinajstić information content (AvgIpc) is 3.14. The Morgan fingerprint density at radius 1 is 1.21 bits per heavy atom. The molecule has 0 saturated carbocycles. The lowest BCUT2D eigenvalue weighted by atomic mass is 9.85. The Bertz CT molecular complexity index is 869. The van der Waals surface area contributed by atoms with Gasteiger partial charge >= 0.3 is 0 Å². The van der Waals surface area contributed by atoms with Crippen molar-refractivity contribution in [3.8, 4) is 11.5 Å². The average molecular weight is 382 g/mol. The van der Waals surface area contributed by atoms with Crippen molar-refractivity contribution in [2.45, 2.75) is 39.8 Å². The molecular formula is C22H26N2O4. The van der Waals surface area contributed by atoms with E-state index in [-0.39, 0.29) is 18.1 Å². The van der Waals surface area contributed by atoms with E-state index in [1.807, 2.05) is 35.3 Å². The van der Waals surface area contributed by atoms with Crippen molar-refractivity contribution < 1.29 is 19.4 Å². The molecule has 0 spiro atoms. The smallest absolute Gasteiger partial charge is 0.298 e. The van der Waals surface area contributed by atoms with E-state index in [1.165, 1.54) is 0 Å². The third kappa shape index (κ3) is 4.02. The molecule has 1 atom stereocenters. The molecule has 0 saturated heterocycles. The molecule has 1 aliphatic rings. The van der Waals surface area contributed by atoms with E-state index < -0.39 is 0 Å². The van der Waals surface area contributed by atoms with Gasteiger partial charge in [-0.3, -0.25) is 9.80 Å². The van der Waals surface area contributed by atoms with Crippen LogP contribution in [-0.2, 0) is 11.4 Å². The molecule has 0 bridgehead atoms. The quantitative estimate of drug-likeness (QED) is 0.763. The van der Waals surface area contributed by atoms with E-state index in [1.54, 1.807) is 19.2 Å². The number of rotatable bonds is 6. The standard InChI is InChI=1S/C22H26N2O4/c1-22(2,3)21-12-19(18-10-5-15(13-25)11-20(18)27-4)24(23-21)16-6-8-17(9-7-16)28-14-26/h5-11,14,19,25H,12-13H2,1-4H3. The van der Waals surface area contributed by atoms with Crippen molar-refractivity contribution in [2.75, 3.05) is 12.1 Å². The number of carbonyl (C=O) groups is 1. The van der Waals surface area contributed by atoms with Gasteiger partial charge in [0.15, 0.2) is 0 Å². The number of hydrogen-bond donors (Lipinski definition) is 1. The maximum absolute atomic E-state index is 10.5. The molecule has 0 radical (unpaired) electrons. The van der Waals surface area contributed by atoms with Crippen LogP contribution in [0.2, 0.25) is 0 Å². The van der Waals surface area contributed by atoms with Gasteiger partial charge in [-0.1, -0.05) is 32.9 Å². The lowest BCUT2D eigenvalue weighted by Crippen LogP contribution is -2.20. The minimum atomic E-state index is -0.0636. The van der Waals surface area contributed by atoms with Crippen molar-refractivity contribution in [2.24, 2.45) is 10.5 Å². The first-order valence-corrected chi connectivity index (χ1v) is 9.22. The highest BCUT2D eigenvalue weighted by Crippen LogP contribution is 2.42. The Morgan fingerprint density at radius 3 is 2.50 bits per heavy atom. The summed E-state index contributed by atoms with van der Waals surface area (Å²) in [5.41, 5.74) is 3.74. The number of hydrogen-bond acceptors (Lipinski definition) is 6. The first kappa shape index (κ1) is 19.9. The fourth-order valence-corrected chi connectivity index (χ4v) is 3.31. The number of nitrogens with zero attached hydrogens (tertiary/aromatic N) is 2. The van der Waals surface area contributed by atoms with Gasteiger partial charge in [0.05, 0.1) is 25.4 Å². The maximum atomic E-state index is 10.5. The summed E-state index contributed by atoms with van der Waals surface area (Å²) in [6.07, 6.45) is 0.769. The van der Waals surface area contributed by atoms with Gasteiger partial charge in [0.2, 0.25) is 0 Å². The number of hydrazone groups is 1. The van der Waals surface area contributed by atoms with Crippen LogP contribution in [0.25, 0.3) is 0 Å². The number of aliphatic hydroxyl groups excluding tert-OH is 1. The van der Waals surface area contributed by atoms with Crippen LogP contribution in [-0.4, -0.2) is 24.4 Å². The highest BCUT2D eigenvalue weighted by molar-refractivity contribution is 5.93. The molecule has 0 aliphatic carbocycles. The molecule has 0 fully saturated rings. The number of anilines is 1. The zero-order chi connectivity index (χ0) is 20.3. The number of methoxy groups -OCH3 is 1. The number of aliphatic hydroxyl groups is 1. The van der Waals surface area contributed by atoms with Gasteiger partial charge in [0.25, 0.3) is 6.47 Å². The minimum Gasteiger partial charge on any atom is -0.496 e. The second kappa shape index (κ2) is 8.02. The number of carbonyl (C=O) groups excluding carboxylic acids is 1. The lowest BCUT2D eigenvalue weighted by Gasteiger charge is -2.26. The number of benzene rings is 2. The molecule has 0 aromatic heterocycles. The molecule has 1 aliphatic heterocycles. The van der Waals surface area contributed by atoms with Crippen molar-refractivity contribution in [1.82, 2.24) is 0 Å². The summed E-state index contributed by atoms with van der Waals surface area (Å²) < 4.78 is 10.5. The van der Waals surface area contributed by atoms with E-state index in [0.717, 1.165) is 34.7 Å². The van der Waals surface area contributed by atoms with Crippen molar-refractivity contribution in [3.05, 3.63) is 53.6 Å². The van der Waals surface area contributed by atoms with Crippen LogP contribution in [0.3, 0.4) is 0 Å². The van der Waals surface area contributed by atoms with Crippen molar-refractivity contribution in [1.29, 1.82) is 0 Å². The molecule has 3 rings (SSSR count). The maximum Gasteiger partial charge on any atom is 0.298 e. The predicted molar refractivity (Wildman–Crippen MR) is 109 cm³/mol. The molecule has 1 unspecified atom stereocenters. The van der Waals surface area contributed by atoms with Gasteiger partial charge in [0.1, 0.15) is 11.5 Å². The molecule has 1 heterocycles. The lowest BCUT2D eigenvalue weighted by molar-refractivity contribution is -0.120. The van der Waals surface area contributed by atoms with Crippen molar-refractivity contribution in [3.63, 3.8) is 0 Å². The van der Waals surface area contributed by atoms with Crippen LogP contribution in [0.15, 0.2) is 47.6 Å². The van der Waals surface area contributed by atoms with E-state index in [9.17, 15) is 9.90 Å². The summed E-state index contributed by atoms with van der Waals surface area (Å²) in [4.78, 5) is 10.5. The first-order chi connectivity index (χ1) is 13.4. The molecule has 6 nitrogen and oxygen atoms in total. The van der Waals surface area contributed by atoms with Gasteiger partial charge in [-0.15, -0.1) is 0 Å². The Balaban J connectivity index is 2.03. The third-order valence-corrected chi connectivity index (χ3v) is 4.90. The van der Waals surface area contributed by atoms with Crippen LogP contribution in [0.4, 0.5) is 5.69 Å². The summed E-state index contributed by atoms with van der Waals surface area (Å²) in [5.74, 6) is 1.22. The molecule has 6 heteroatoms. The molecule has 0 amide bonds. The second-order valence-electron chi connectivity index (χ2n) is 7.80. The van der Waals surface area contributed by atoms with E-state index in [4.69, 9.17) is 14.6 Å².